The van der Waals surface area contributed by atoms with Gasteiger partial charge in [-0.25, -0.2) is 4.79 Å². The van der Waals surface area contributed by atoms with Gasteiger partial charge in [0.15, 0.2) is 0 Å². The van der Waals surface area contributed by atoms with Crippen LogP contribution in [0.4, 0.5) is 0 Å². The number of nitrogens with two attached hydrogens (primary N) is 3. The maximum Gasteiger partial charge on any atom is 0.326 e. The van der Waals surface area contributed by atoms with Crippen LogP contribution in [0.3, 0.4) is 0 Å². The van der Waals surface area contributed by atoms with Gasteiger partial charge in [0.05, 0.1) is 19.4 Å². The highest BCUT2D eigenvalue weighted by molar-refractivity contribution is 5.96. The molecule has 0 aromatic heterocycles. The Balaban J connectivity index is 5.41. The largest absolute Gasteiger partial charge is 0.480 e. The molecule has 0 saturated carbocycles. The summed E-state index contributed by atoms with van der Waals surface area (Å²) in [6.07, 6.45) is -1.07. The van der Waals surface area contributed by atoms with Crippen LogP contribution in [0.5, 0.6) is 0 Å². The van der Waals surface area contributed by atoms with Crippen LogP contribution in [0, 0.1) is 5.92 Å². The quantitative estimate of drug-likeness (QED) is 0.157. The molecule has 0 aliphatic heterocycles. The van der Waals surface area contributed by atoms with E-state index in [-0.39, 0.29) is 12.3 Å². The van der Waals surface area contributed by atoms with E-state index in [1.165, 1.54) is 0 Å². The fourth-order valence-electron chi connectivity index (χ4n) is 2.31. The number of carbonyl (C=O) groups is 6. The van der Waals surface area contributed by atoms with Gasteiger partial charge in [0.2, 0.25) is 29.5 Å². The van der Waals surface area contributed by atoms with Gasteiger partial charge < -0.3 is 38.3 Å². The van der Waals surface area contributed by atoms with Crippen molar-refractivity contribution in [1.82, 2.24) is 16.0 Å². The molecule has 0 rings (SSSR count). The summed E-state index contributed by atoms with van der Waals surface area (Å²) in [4.78, 5) is 69.8. The molecule has 0 saturated heterocycles. The summed E-state index contributed by atoms with van der Waals surface area (Å²) in [5.41, 5.74) is 15.2. The average molecular weight is 416 g/mol. The van der Waals surface area contributed by atoms with Gasteiger partial charge in [0.25, 0.3) is 0 Å². The molecule has 0 fully saturated rings. The van der Waals surface area contributed by atoms with Crippen molar-refractivity contribution in [2.45, 2.75) is 51.2 Å². The lowest BCUT2D eigenvalue weighted by Crippen LogP contribution is -2.57. The Labute approximate surface area is 167 Å². The molecule has 0 spiro atoms. The summed E-state index contributed by atoms with van der Waals surface area (Å²) in [5, 5.41) is 15.8. The van der Waals surface area contributed by atoms with E-state index >= 15 is 0 Å². The molecule has 29 heavy (non-hydrogen) atoms. The topological polar surface area (TPSA) is 237 Å². The van der Waals surface area contributed by atoms with E-state index in [1.807, 2.05) is 0 Å². The van der Waals surface area contributed by atoms with E-state index in [2.05, 4.69) is 16.0 Å². The monoisotopic (exact) mass is 416 g/mol. The first-order chi connectivity index (χ1) is 13.4. The molecule has 10 N–H and O–H groups in total. The summed E-state index contributed by atoms with van der Waals surface area (Å²) in [6.45, 7) is 3.06. The fourth-order valence-corrected chi connectivity index (χ4v) is 2.31. The van der Waals surface area contributed by atoms with Crippen molar-refractivity contribution in [3.63, 3.8) is 0 Å². The summed E-state index contributed by atoms with van der Waals surface area (Å²) in [6, 6.07) is -4.15. The van der Waals surface area contributed by atoms with Gasteiger partial charge in [-0.3, -0.25) is 24.0 Å². The summed E-state index contributed by atoms with van der Waals surface area (Å²) >= 11 is 0. The molecule has 0 aromatic carbocycles. The van der Waals surface area contributed by atoms with Crippen molar-refractivity contribution in [3.05, 3.63) is 0 Å². The van der Waals surface area contributed by atoms with Crippen LogP contribution < -0.4 is 33.2 Å². The number of hydrogen-bond donors (Lipinski definition) is 7. The van der Waals surface area contributed by atoms with Gasteiger partial charge in [0, 0.05) is 0 Å². The fraction of sp³-hybridized carbons (Fsp3) is 0.625. The number of amides is 5. The van der Waals surface area contributed by atoms with Gasteiger partial charge in [0.1, 0.15) is 18.1 Å². The van der Waals surface area contributed by atoms with E-state index in [4.69, 9.17) is 22.3 Å². The number of primary amides is 2. The Bertz CT molecular complexity index is 652. The molecule has 13 heteroatoms. The third kappa shape index (κ3) is 10.6. The van der Waals surface area contributed by atoms with Crippen LogP contribution in [0.15, 0.2) is 0 Å². The number of nitrogens with one attached hydrogen (secondary N) is 3. The maximum absolute atomic E-state index is 12.5. The third-order valence-corrected chi connectivity index (χ3v) is 3.60. The van der Waals surface area contributed by atoms with E-state index in [1.54, 1.807) is 13.8 Å². The van der Waals surface area contributed by atoms with Gasteiger partial charge in [-0.2, -0.15) is 0 Å². The highest BCUT2D eigenvalue weighted by Gasteiger charge is 2.31. The van der Waals surface area contributed by atoms with Crippen molar-refractivity contribution < 1.29 is 33.9 Å². The smallest absolute Gasteiger partial charge is 0.326 e. The van der Waals surface area contributed by atoms with Crippen LogP contribution in [0.1, 0.15) is 33.1 Å². The molecule has 5 amide bonds. The predicted octanol–water partition coefficient (Wildman–Crippen LogP) is -3.72. The van der Waals surface area contributed by atoms with Crippen molar-refractivity contribution in [1.29, 1.82) is 0 Å². The van der Waals surface area contributed by atoms with Crippen LogP contribution >= 0.6 is 0 Å². The molecule has 164 valence electrons. The first-order valence-electron chi connectivity index (χ1n) is 8.76. The summed E-state index contributed by atoms with van der Waals surface area (Å²) in [5.74, 6) is -5.86. The van der Waals surface area contributed by atoms with Crippen molar-refractivity contribution >= 4 is 35.5 Å². The second-order valence-electron chi connectivity index (χ2n) is 6.76. The molecule has 0 aromatic rings. The predicted molar refractivity (Wildman–Crippen MR) is 99.6 cm³/mol. The van der Waals surface area contributed by atoms with E-state index in [0.29, 0.717) is 0 Å². The molecule has 0 aliphatic rings. The zero-order valence-electron chi connectivity index (χ0n) is 16.3. The van der Waals surface area contributed by atoms with Crippen LogP contribution in [-0.2, 0) is 28.8 Å². The van der Waals surface area contributed by atoms with Gasteiger partial charge >= 0.3 is 5.97 Å². The molecule has 3 unspecified atom stereocenters. The first-order valence-corrected chi connectivity index (χ1v) is 8.76. The number of carboxylic acid groups (broad SMARTS) is 1. The lowest BCUT2D eigenvalue weighted by atomic mass is 10.0. The van der Waals surface area contributed by atoms with Crippen LogP contribution in [-0.4, -0.2) is 65.3 Å². The van der Waals surface area contributed by atoms with E-state index in [0.717, 1.165) is 0 Å². The Morgan fingerprint density at radius 1 is 0.793 bits per heavy atom. The molecule has 0 bridgehead atoms. The Morgan fingerprint density at radius 2 is 1.24 bits per heavy atom. The number of rotatable bonds is 13. The lowest BCUT2D eigenvalue weighted by molar-refractivity contribution is -0.144. The lowest BCUT2D eigenvalue weighted by Gasteiger charge is -2.25. The Morgan fingerprint density at radius 3 is 1.66 bits per heavy atom. The van der Waals surface area contributed by atoms with E-state index < -0.39 is 73.0 Å². The molecular formula is C16H28N6O7. The minimum atomic E-state index is -1.58. The Kier molecular flexibility index (Phi) is 10.9. The second kappa shape index (κ2) is 12.3. The van der Waals surface area contributed by atoms with Gasteiger partial charge in [-0.1, -0.05) is 13.8 Å². The van der Waals surface area contributed by atoms with Crippen molar-refractivity contribution in [2.75, 3.05) is 6.54 Å². The summed E-state index contributed by atoms with van der Waals surface area (Å²) < 4.78 is 0. The highest BCUT2D eigenvalue weighted by Crippen LogP contribution is 2.07. The zero-order valence-corrected chi connectivity index (χ0v) is 16.3. The Hall–Kier alpha value is -3.22. The third-order valence-electron chi connectivity index (χ3n) is 3.60. The van der Waals surface area contributed by atoms with Crippen molar-refractivity contribution in [2.24, 2.45) is 23.1 Å². The minimum absolute atomic E-state index is 0.0984. The van der Waals surface area contributed by atoms with Crippen LogP contribution in [0.2, 0.25) is 0 Å². The minimum Gasteiger partial charge on any atom is -0.480 e. The number of hydrogen-bond acceptors (Lipinski definition) is 7. The molecule has 3 atom stereocenters. The second-order valence-corrected chi connectivity index (χ2v) is 6.76. The SMILES string of the molecule is CC(C)CC(NC(=O)C(CC(N)=O)NC(=O)CN)C(=O)NC(CC(N)=O)C(=O)O. The highest BCUT2D eigenvalue weighted by atomic mass is 16.4. The maximum atomic E-state index is 12.5. The van der Waals surface area contributed by atoms with E-state index in [9.17, 15) is 28.8 Å². The summed E-state index contributed by atoms with van der Waals surface area (Å²) in [7, 11) is 0. The first kappa shape index (κ1) is 25.8. The molecule has 0 radical (unpaired) electrons. The number of carboxylic acids is 1. The van der Waals surface area contributed by atoms with Crippen molar-refractivity contribution in [3.8, 4) is 0 Å². The van der Waals surface area contributed by atoms with Crippen LogP contribution in [0.25, 0.3) is 0 Å². The number of aliphatic carboxylic acids is 1. The molecule has 0 aliphatic carbocycles. The zero-order chi connectivity index (χ0) is 22.7. The standard InChI is InChI=1S/C16H28N6O7/c1-7(2)3-8(14(26)22-10(16(28)29)5-12(19)24)21-15(27)9(4-11(18)23)20-13(25)6-17/h7-10H,3-6,17H2,1-2H3,(H2,18,23)(H2,19,24)(H,20,25)(H,21,27)(H,22,26)(H,28,29). The average Bonchev–Trinajstić information content (AvgIpc) is 2.58. The number of carbonyl (C=O) groups excluding carboxylic acids is 5. The molecule has 13 nitrogen and oxygen atoms in total. The normalized spacial score (nSPS) is 13.7. The molecular weight excluding hydrogens is 388 g/mol. The molecule has 0 heterocycles. The van der Waals surface area contributed by atoms with Gasteiger partial charge in [-0.15, -0.1) is 0 Å². The van der Waals surface area contributed by atoms with Gasteiger partial charge in [-0.05, 0) is 12.3 Å².